The summed E-state index contributed by atoms with van der Waals surface area (Å²) in [5.74, 6) is -1.03. The van der Waals surface area contributed by atoms with Crippen LogP contribution in [0.2, 0.25) is 0 Å². The van der Waals surface area contributed by atoms with Crippen molar-refractivity contribution < 1.29 is 22.0 Å². The van der Waals surface area contributed by atoms with Gasteiger partial charge in [-0.2, -0.15) is 13.2 Å². The largest absolute Gasteiger partial charge is 0.432 e. The molecule has 0 bridgehead atoms. The second kappa shape index (κ2) is 8.81. The number of nitrogens with zero attached hydrogens (tertiary/aromatic N) is 1. The molecule has 0 unspecified atom stereocenters. The minimum Gasteiger partial charge on any atom is -0.341 e. The SMILES string of the molecule is C=C(NNC(=C)C(F)(F)F)c1ccc(CN(C(=C)C)c2cccc(F)c2)c(F)c1. The van der Waals surface area contributed by atoms with Gasteiger partial charge in [-0.05, 0) is 31.2 Å². The predicted octanol–water partition coefficient (Wildman–Crippen LogP) is 5.65. The molecule has 0 aromatic heterocycles. The van der Waals surface area contributed by atoms with Crippen LogP contribution in [0.4, 0.5) is 27.6 Å². The van der Waals surface area contributed by atoms with Crippen molar-refractivity contribution in [1.82, 2.24) is 10.9 Å². The molecule has 8 heteroatoms. The Morgan fingerprint density at radius 1 is 1.00 bits per heavy atom. The monoisotopic (exact) mass is 409 g/mol. The first-order valence-electron chi connectivity index (χ1n) is 8.43. The third-order valence-electron chi connectivity index (χ3n) is 4.02. The second-order valence-corrected chi connectivity index (χ2v) is 6.31. The van der Waals surface area contributed by atoms with Crippen LogP contribution < -0.4 is 15.8 Å². The van der Waals surface area contributed by atoms with Gasteiger partial charge in [0.1, 0.15) is 17.3 Å². The van der Waals surface area contributed by atoms with Gasteiger partial charge < -0.3 is 10.3 Å². The molecule has 2 aromatic carbocycles. The lowest BCUT2D eigenvalue weighted by Crippen LogP contribution is -2.35. The van der Waals surface area contributed by atoms with E-state index in [1.807, 2.05) is 5.43 Å². The van der Waals surface area contributed by atoms with E-state index in [0.29, 0.717) is 16.9 Å². The summed E-state index contributed by atoms with van der Waals surface area (Å²) >= 11 is 0. The fraction of sp³-hybridized carbons (Fsp3) is 0.143. The fourth-order valence-corrected chi connectivity index (χ4v) is 2.42. The molecule has 2 aromatic rings. The standard InChI is InChI=1S/C21H20F5N3/c1-13(2)29(19-7-5-6-18(22)11-19)12-17-9-8-16(10-20(17)23)14(3)27-28-15(4)21(24,25)26/h5-11,27-28H,1,3-4,12H2,2H3. The number of halogens is 5. The zero-order valence-corrected chi connectivity index (χ0v) is 15.7. The lowest BCUT2D eigenvalue weighted by Gasteiger charge is -2.25. The molecule has 2 N–H and O–H groups in total. The molecule has 0 saturated carbocycles. The van der Waals surface area contributed by atoms with Gasteiger partial charge in [0.05, 0.1) is 12.2 Å². The molecule has 0 spiro atoms. The van der Waals surface area contributed by atoms with Crippen LogP contribution in [-0.4, -0.2) is 6.18 Å². The van der Waals surface area contributed by atoms with Crippen molar-refractivity contribution >= 4 is 11.4 Å². The number of allylic oxidation sites excluding steroid dienone is 2. The minimum absolute atomic E-state index is 0.0303. The first-order valence-corrected chi connectivity index (χ1v) is 8.43. The van der Waals surface area contributed by atoms with Crippen molar-refractivity contribution in [2.75, 3.05) is 4.90 Å². The average molecular weight is 409 g/mol. The number of rotatable bonds is 8. The first kappa shape index (κ1) is 22.0. The Morgan fingerprint density at radius 3 is 2.24 bits per heavy atom. The van der Waals surface area contributed by atoms with Crippen LogP contribution >= 0.6 is 0 Å². The average Bonchev–Trinajstić information content (AvgIpc) is 2.63. The van der Waals surface area contributed by atoms with Gasteiger partial charge in [0, 0.05) is 22.5 Å². The Morgan fingerprint density at radius 2 is 1.69 bits per heavy atom. The predicted molar refractivity (Wildman–Crippen MR) is 104 cm³/mol. The normalized spacial score (nSPS) is 11.0. The van der Waals surface area contributed by atoms with Gasteiger partial charge >= 0.3 is 6.18 Å². The Kier molecular flexibility index (Phi) is 6.68. The molecule has 29 heavy (non-hydrogen) atoms. The van der Waals surface area contributed by atoms with Crippen LogP contribution in [0, 0.1) is 11.6 Å². The van der Waals surface area contributed by atoms with E-state index < -0.39 is 23.5 Å². The van der Waals surface area contributed by atoms with E-state index in [2.05, 4.69) is 25.2 Å². The number of hydrogen-bond acceptors (Lipinski definition) is 3. The van der Waals surface area contributed by atoms with Gasteiger partial charge in [-0.25, -0.2) is 8.78 Å². The number of anilines is 1. The third-order valence-corrected chi connectivity index (χ3v) is 4.02. The summed E-state index contributed by atoms with van der Waals surface area (Å²) in [7, 11) is 0. The molecule has 0 aliphatic carbocycles. The van der Waals surface area contributed by atoms with E-state index in [4.69, 9.17) is 0 Å². The molecule has 0 fully saturated rings. The summed E-state index contributed by atoms with van der Waals surface area (Å²) in [6.45, 7) is 12.1. The van der Waals surface area contributed by atoms with Crippen molar-refractivity contribution in [3.05, 3.63) is 96.4 Å². The van der Waals surface area contributed by atoms with Crippen molar-refractivity contribution in [3.8, 4) is 0 Å². The molecule has 0 aliphatic heterocycles. The van der Waals surface area contributed by atoms with Crippen LogP contribution in [0.3, 0.4) is 0 Å². The summed E-state index contributed by atoms with van der Waals surface area (Å²) in [6, 6.07) is 9.96. The number of benzene rings is 2. The number of alkyl halides is 3. The topological polar surface area (TPSA) is 27.3 Å². The molecular weight excluding hydrogens is 389 g/mol. The number of nitrogens with one attached hydrogen (secondary N) is 2. The Balaban J connectivity index is 2.15. The van der Waals surface area contributed by atoms with E-state index in [9.17, 15) is 22.0 Å². The summed E-state index contributed by atoms with van der Waals surface area (Å²) < 4.78 is 65.5. The zero-order valence-electron chi connectivity index (χ0n) is 15.7. The molecule has 2 rings (SSSR count). The molecule has 0 atom stereocenters. The van der Waals surface area contributed by atoms with Gasteiger partial charge in [-0.1, -0.05) is 37.9 Å². The lowest BCUT2D eigenvalue weighted by atomic mass is 10.1. The van der Waals surface area contributed by atoms with Crippen LogP contribution in [0.25, 0.3) is 5.70 Å². The molecule has 154 valence electrons. The smallest absolute Gasteiger partial charge is 0.341 e. The maximum Gasteiger partial charge on any atom is 0.432 e. The third kappa shape index (κ3) is 5.84. The van der Waals surface area contributed by atoms with Gasteiger partial charge in [-0.3, -0.25) is 5.43 Å². The van der Waals surface area contributed by atoms with Crippen molar-refractivity contribution in [2.45, 2.75) is 19.6 Å². The van der Waals surface area contributed by atoms with Gasteiger partial charge in [0.2, 0.25) is 0 Å². The molecule has 0 aliphatic rings. The molecule has 0 radical (unpaired) electrons. The quantitative estimate of drug-likeness (QED) is 0.436. The summed E-state index contributed by atoms with van der Waals surface area (Å²) in [5.41, 5.74) is 4.60. The molecule has 0 saturated heterocycles. The van der Waals surface area contributed by atoms with Crippen molar-refractivity contribution in [3.63, 3.8) is 0 Å². The highest BCUT2D eigenvalue weighted by Gasteiger charge is 2.32. The highest BCUT2D eigenvalue weighted by atomic mass is 19.4. The van der Waals surface area contributed by atoms with Crippen LogP contribution in [0.5, 0.6) is 0 Å². The molecular formula is C21H20F5N3. The van der Waals surface area contributed by atoms with E-state index in [1.165, 1.54) is 30.3 Å². The Bertz CT molecular complexity index is 934. The lowest BCUT2D eigenvalue weighted by molar-refractivity contribution is -0.0971. The number of hydrogen-bond donors (Lipinski definition) is 2. The summed E-state index contributed by atoms with van der Waals surface area (Å²) in [6.07, 6.45) is -4.62. The number of hydrazine groups is 1. The van der Waals surface area contributed by atoms with Gasteiger partial charge in [-0.15, -0.1) is 0 Å². The van der Waals surface area contributed by atoms with E-state index in [-0.39, 0.29) is 17.8 Å². The van der Waals surface area contributed by atoms with E-state index in [1.54, 1.807) is 17.9 Å². The summed E-state index contributed by atoms with van der Waals surface area (Å²) in [4.78, 5) is 1.64. The second-order valence-electron chi connectivity index (χ2n) is 6.31. The Labute approximate surface area is 165 Å². The van der Waals surface area contributed by atoms with Gasteiger partial charge in [0.25, 0.3) is 0 Å². The molecule has 0 amide bonds. The zero-order chi connectivity index (χ0) is 21.8. The highest BCUT2D eigenvalue weighted by Crippen LogP contribution is 2.25. The maximum absolute atomic E-state index is 14.6. The Hall–Kier alpha value is -3.29. The van der Waals surface area contributed by atoms with Crippen LogP contribution in [0.15, 0.2) is 73.6 Å². The molecule has 3 nitrogen and oxygen atoms in total. The summed E-state index contributed by atoms with van der Waals surface area (Å²) in [5, 5.41) is 0. The van der Waals surface area contributed by atoms with E-state index in [0.717, 1.165) is 6.07 Å². The first-order chi connectivity index (χ1) is 13.5. The van der Waals surface area contributed by atoms with Crippen LogP contribution in [0.1, 0.15) is 18.1 Å². The fourth-order valence-electron chi connectivity index (χ4n) is 2.42. The molecule has 0 heterocycles. The highest BCUT2D eigenvalue weighted by molar-refractivity contribution is 5.62. The maximum atomic E-state index is 14.6. The van der Waals surface area contributed by atoms with E-state index >= 15 is 0 Å². The van der Waals surface area contributed by atoms with Crippen LogP contribution in [-0.2, 0) is 6.54 Å². The van der Waals surface area contributed by atoms with Crippen molar-refractivity contribution in [1.29, 1.82) is 0 Å². The van der Waals surface area contributed by atoms with Crippen molar-refractivity contribution in [2.24, 2.45) is 0 Å². The minimum atomic E-state index is -4.62. The van der Waals surface area contributed by atoms with Gasteiger partial charge in [0.15, 0.2) is 0 Å².